The zero-order chi connectivity index (χ0) is 24.4. The second-order valence-corrected chi connectivity index (χ2v) is 9.39. The van der Waals surface area contributed by atoms with Crippen LogP contribution in [0, 0.1) is 5.82 Å². The van der Waals surface area contributed by atoms with E-state index in [-0.39, 0.29) is 23.9 Å². The third kappa shape index (κ3) is 5.01. The average molecular weight is 473 g/mol. The van der Waals surface area contributed by atoms with Crippen molar-refractivity contribution in [1.29, 1.82) is 0 Å². The Labute approximate surface area is 203 Å². The van der Waals surface area contributed by atoms with Crippen LogP contribution in [0.4, 0.5) is 10.2 Å². The fourth-order valence-corrected chi connectivity index (χ4v) is 4.53. The van der Waals surface area contributed by atoms with Crippen LogP contribution >= 0.6 is 0 Å². The molecule has 180 valence electrons. The summed E-state index contributed by atoms with van der Waals surface area (Å²) in [5.41, 5.74) is 2.09. The predicted octanol–water partition coefficient (Wildman–Crippen LogP) is 5.23. The van der Waals surface area contributed by atoms with Crippen LogP contribution in [-0.4, -0.2) is 37.7 Å². The lowest BCUT2D eigenvalue weighted by Crippen LogP contribution is -2.40. The molecule has 4 aromatic rings. The number of anilines is 1. The first-order valence-electron chi connectivity index (χ1n) is 12.1. The smallest absolute Gasteiger partial charge is 0.251 e. The zero-order valence-electron chi connectivity index (χ0n) is 19.9. The molecule has 1 saturated carbocycles. The molecule has 8 heteroatoms. The van der Waals surface area contributed by atoms with E-state index in [4.69, 9.17) is 9.97 Å². The molecule has 0 atom stereocenters. The van der Waals surface area contributed by atoms with Gasteiger partial charge >= 0.3 is 0 Å². The lowest BCUT2D eigenvalue weighted by atomic mass is 9.91. The van der Waals surface area contributed by atoms with E-state index in [1.165, 1.54) is 12.1 Å². The topological polar surface area (TPSA) is 84.7 Å². The van der Waals surface area contributed by atoms with E-state index in [9.17, 15) is 9.18 Å². The number of carbonyl (C=O) groups is 1. The molecule has 2 N–H and O–H groups in total. The molecule has 2 aromatic heterocycles. The van der Waals surface area contributed by atoms with Crippen LogP contribution in [0.5, 0.6) is 0 Å². The number of hydrogen-bond acceptors (Lipinski definition) is 5. The summed E-state index contributed by atoms with van der Waals surface area (Å²) in [5, 5.41) is 12.2. The predicted molar refractivity (Wildman–Crippen MR) is 134 cm³/mol. The molecule has 2 heterocycles. The summed E-state index contributed by atoms with van der Waals surface area (Å²) >= 11 is 0. The first-order chi connectivity index (χ1) is 17.0. The van der Waals surface area contributed by atoms with Crippen LogP contribution in [0.3, 0.4) is 0 Å². The molecule has 1 aliphatic rings. The van der Waals surface area contributed by atoms with Crippen LogP contribution in [0.2, 0.25) is 0 Å². The molecule has 0 saturated heterocycles. The molecular weight excluding hydrogens is 443 g/mol. The van der Waals surface area contributed by atoms with Gasteiger partial charge in [-0.2, -0.15) is 5.10 Å². The number of para-hydroxylation sites is 1. The van der Waals surface area contributed by atoms with Crippen molar-refractivity contribution in [2.24, 2.45) is 0 Å². The molecule has 1 amide bonds. The minimum absolute atomic E-state index is 0.0706. The number of amides is 1. The average Bonchev–Trinajstić information content (AvgIpc) is 3.30. The zero-order valence-corrected chi connectivity index (χ0v) is 19.9. The molecule has 7 nitrogen and oxygen atoms in total. The third-order valence-corrected chi connectivity index (χ3v) is 6.45. The van der Waals surface area contributed by atoms with Gasteiger partial charge in [0.15, 0.2) is 5.65 Å². The van der Waals surface area contributed by atoms with E-state index in [0.717, 1.165) is 54.0 Å². The highest BCUT2D eigenvalue weighted by atomic mass is 19.1. The van der Waals surface area contributed by atoms with E-state index in [1.54, 1.807) is 12.1 Å². The minimum Gasteiger partial charge on any atom is -0.367 e. The molecule has 1 aliphatic carbocycles. The molecular formula is C27H29FN6O. The van der Waals surface area contributed by atoms with Gasteiger partial charge in [-0.3, -0.25) is 4.79 Å². The van der Waals surface area contributed by atoms with Crippen molar-refractivity contribution in [2.75, 3.05) is 5.32 Å². The number of benzene rings is 2. The van der Waals surface area contributed by atoms with Crippen molar-refractivity contribution < 1.29 is 9.18 Å². The van der Waals surface area contributed by atoms with Crippen molar-refractivity contribution in [3.8, 4) is 5.69 Å². The molecule has 0 unspecified atom stereocenters. The number of nitrogens with one attached hydrogen (secondary N) is 2. The Hall–Kier alpha value is -3.81. The van der Waals surface area contributed by atoms with E-state index >= 15 is 0 Å². The molecule has 35 heavy (non-hydrogen) atoms. The van der Waals surface area contributed by atoms with Crippen LogP contribution < -0.4 is 10.6 Å². The van der Waals surface area contributed by atoms with Gasteiger partial charge in [-0.1, -0.05) is 38.1 Å². The Balaban J connectivity index is 1.30. The van der Waals surface area contributed by atoms with Crippen molar-refractivity contribution in [3.63, 3.8) is 0 Å². The van der Waals surface area contributed by atoms with Gasteiger partial charge in [0.05, 0.1) is 17.3 Å². The fraction of sp³-hybridized carbons (Fsp3) is 0.333. The van der Waals surface area contributed by atoms with Crippen molar-refractivity contribution in [2.45, 2.75) is 57.5 Å². The van der Waals surface area contributed by atoms with Gasteiger partial charge in [-0.15, -0.1) is 0 Å². The summed E-state index contributed by atoms with van der Waals surface area (Å²) in [6.45, 7) is 4.17. The van der Waals surface area contributed by atoms with Gasteiger partial charge < -0.3 is 10.6 Å². The van der Waals surface area contributed by atoms with Gasteiger partial charge in [0.2, 0.25) is 0 Å². The quantitative estimate of drug-likeness (QED) is 0.401. The third-order valence-electron chi connectivity index (χ3n) is 6.45. The minimum atomic E-state index is -0.405. The molecule has 1 fully saturated rings. The summed E-state index contributed by atoms with van der Waals surface area (Å²) in [7, 11) is 0. The van der Waals surface area contributed by atoms with Crippen LogP contribution in [0.25, 0.3) is 16.7 Å². The number of carbonyl (C=O) groups excluding carboxylic acids is 1. The monoisotopic (exact) mass is 472 g/mol. The first-order valence-corrected chi connectivity index (χ1v) is 12.1. The molecule has 2 aromatic carbocycles. The number of halogens is 1. The van der Waals surface area contributed by atoms with Gasteiger partial charge in [-0.05, 0) is 56.0 Å². The molecule has 5 rings (SSSR count). The lowest BCUT2D eigenvalue weighted by Gasteiger charge is -2.30. The number of fused-ring (bicyclic) bond motifs is 1. The second kappa shape index (κ2) is 9.82. The van der Waals surface area contributed by atoms with Crippen LogP contribution in [-0.2, 0) is 0 Å². The Kier molecular flexibility index (Phi) is 6.44. The lowest BCUT2D eigenvalue weighted by molar-refractivity contribution is 0.0926. The van der Waals surface area contributed by atoms with Crippen molar-refractivity contribution in [3.05, 3.63) is 78.0 Å². The number of nitrogens with zero attached hydrogens (tertiary/aromatic N) is 4. The first kappa shape index (κ1) is 23.0. The molecule has 0 aliphatic heterocycles. The Morgan fingerprint density at radius 2 is 1.74 bits per heavy atom. The van der Waals surface area contributed by atoms with E-state index in [1.807, 2.05) is 41.2 Å². The highest BCUT2D eigenvalue weighted by molar-refractivity contribution is 5.94. The number of hydrogen-bond donors (Lipinski definition) is 2. The summed E-state index contributed by atoms with van der Waals surface area (Å²) in [4.78, 5) is 22.1. The highest BCUT2D eigenvalue weighted by Crippen LogP contribution is 2.28. The van der Waals surface area contributed by atoms with E-state index < -0.39 is 5.82 Å². The normalized spacial score (nSPS) is 18.1. The van der Waals surface area contributed by atoms with Crippen molar-refractivity contribution in [1.82, 2.24) is 25.1 Å². The Morgan fingerprint density at radius 1 is 1.00 bits per heavy atom. The Morgan fingerprint density at radius 3 is 2.46 bits per heavy atom. The Bertz CT molecular complexity index is 1330. The SMILES string of the molecule is CC(C)c1nc(NC2CCC(NC(=O)c3cccc(F)c3)CC2)c2cnn(-c3ccccc3)c2n1. The molecule has 0 radical (unpaired) electrons. The number of rotatable bonds is 6. The number of aromatic nitrogens is 4. The maximum atomic E-state index is 13.4. The van der Waals surface area contributed by atoms with Crippen LogP contribution in [0.15, 0.2) is 60.8 Å². The van der Waals surface area contributed by atoms with Gasteiger partial charge in [0.25, 0.3) is 5.91 Å². The summed E-state index contributed by atoms with van der Waals surface area (Å²) in [6, 6.07) is 16.1. The van der Waals surface area contributed by atoms with Gasteiger partial charge in [-0.25, -0.2) is 19.0 Å². The largest absolute Gasteiger partial charge is 0.367 e. The summed E-state index contributed by atoms with van der Waals surface area (Å²) in [5.74, 6) is 1.11. The molecule has 0 bridgehead atoms. The molecule has 0 spiro atoms. The van der Waals surface area contributed by atoms with Crippen molar-refractivity contribution >= 4 is 22.8 Å². The van der Waals surface area contributed by atoms with Gasteiger partial charge in [0.1, 0.15) is 17.5 Å². The maximum absolute atomic E-state index is 13.4. The standard InChI is InChI=1S/C27H29FN6O/c1-17(2)24-32-25(23-16-29-34(26(23)33-24)22-9-4-3-5-10-22)30-20-11-13-21(14-12-20)31-27(35)18-7-6-8-19(28)15-18/h3-10,15-17,20-21H,11-14H2,1-2H3,(H,31,35)(H,30,32,33). The second-order valence-electron chi connectivity index (χ2n) is 9.39. The van der Waals surface area contributed by atoms with Gasteiger partial charge in [0, 0.05) is 23.6 Å². The maximum Gasteiger partial charge on any atom is 0.251 e. The highest BCUT2D eigenvalue weighted by Gasteiger charge is 2.25. The van der Waals surface area contributed by atoms with Crippen LogP contribution in [0.1, 0.15) is 61.6 Å². The summed E-state index contributed by atoms with van der Waals surface area (Å²) in [6.07, 6.45) is 5.28. The summed E-state index contributed by atoms with van der Waals surface area (Å²) < 4.78 is 15.3. The van der Waals surface area contributed by atoms with E-state index in [0.29, 0.717) is 5.56 Å². The fourth-order valence-electron chi connectivity index (χ4n) is 4.53. The van der Waals surface area contributed by atoms with E-state index in [2.05, 4.69) is 29.6 Å².